The first kappa shape index (κ1) is 14.6. The number of hydrogen-bond donors (Lipinski definition) is 2. The second-order valence-corrected chi connectivity index (χ2v) is 5.90. The van der Waals surface area contributed by atoms with E-state index in [0.717, 1.165) is 23.6 Å². The number of nitrogens with one attached hydrogen (secondary N) is 1. The Hall–Kier alpha value is -2.29. The third-order valence-electron chi connectivity index (χ3n) is 4.30. The molecular weight excluding hydrogens is 274 g/mol. The summed E-state index contributed by atoms with van der Waals surface area (Å²) in [5.74, 6) is 0.111. The highest BCUT2D eigenvalue weighted by atomic mass is 16.3. The van der Waals surface area contributed by atoms with Crippen LogP contribution in [-0.4, -0.2) is 17.1 Å². The average Bonchev–Trinajstić information content (AvgIpc) is 2.55. The van der Waals surface area contributed by atoms with Crippen LogP contribution in [0.5, 0.6) is 5.75 Å². The first-order chi connectivity index (χ1) is 10.7. The molecule has 3 nitrogen and oxygen atoms in total. The van der Waals surface area contributed by atoms with Crippen molar-refractivity contribution in [2.75, 3.05) is 0 Å². The van der Waals surface area contributed by atoms with Crippen molar-refractivity contribution in [3.63, 3.8) is 0 Å². The summed E-state index contributed by atoms with van der Waals surface area (Å²) in [5.41, 5.74) is 0.692. The van der Waals surface area contributed by atoms with Crippen LogP contribution in [0.4, 0.5) is 0 Å². The minimum atomic E-state index is -0.0840. The molecule has 2 aromatic carbocycles. The van der Waals surface area contributed by atoms with Gasteiger partial charge < -0.3 is 10.4 Å². The van der Waals surface area contributed by atoms with E-state index in [1.54, 1.807) is 12.1 Å². The van der Waals surface area contributed by atoms with Crippen molar-refractivity contribution in [2.24, 2.45) is 0 Å². The molecule has 0 radical (unpaired) electrons. The third-order valence-corrected chi connectivity index (χ3v) is 4.30. The lowest BCUT2D eigenvalue weighted by molar-refractivity contribution is -0.117. The number of hydrogen-bond acceptors (Lipinski definition) is 2. The Labute approximate surface area is 130 Å². The summed E-state index contributed by atoms with van der Waals surface area (Å²) in [5, 5.41) is 15.1. The predicted molar refractivity (Wildman–Crippen MR) is 89.7 cm³/mol. The maximum atomic E-state index is 12.1. The zero-order chi connectivity index (χ0) is 15.4. The molecule has 22 heavy (non-hydrogen) atoms. The summed E-state index contributed by atoms with van der Waals surface area (Å²) in [4.78, 5) is 12.1. The van der Waals surface area contributed by atoms with Gasteiger partial charge in [-0.2, -0.15) is 0 Å². The largest absolute Gasteiger partial charge is 0.507 e. The van der Waals surface area contributed by atoms with Crippen molar-refractivity contribution in [3.8, 4) is 5.75 Å². The number of rotatable bonds is 3. The predicted octanol–water partition coefficient (Wildman–Crippen LogP) is 4.01. The fourth-order valence-electron chi connectivity index (χ4n) is 3.11. The molecule has 3 rings (SSSR count). The standard InChI is InChI=1S/C19H21NO2/c21-18-12-10-14-6-4-5-9-16(14)17(18)11-13-19(22)20-15-7-2-1-3-8-15/h4-6,9-13,15,21H,1-3,7-8H2,(H,20,22)/b13-11+. The van der Waals surface area contributed by atoms with E-state index in [2.05, 4.69) is 5.32 Å². The third kappa shape index (κ3) is 3.30. The number of aromatic hydroxyl groups is 1. The second kappa shape index (κ2) is 6.65. The molecule has 0 spiro atoms. The van der Waals surface area contributed by atoms with Crippen LogP contribution >= 0.6 is 0 Å². The highest BCUT2D eigenvalue weighted by Gasteiger charge is 2.14. The highest BCUT2D eigenvalue weighted by Crippen LogP contribution is 2.28. The van der Waals surface area contributed by atoms with E-state index < -0.39 is 0 Å². The van der Waals surface area contributed by atoms with Crippen LogP contribution in [0, 0.1) is 0 Å². The van der Waals surface area contributed by atoms with E-state index in [4.69, 9.17) is 0 Å². The van der Waals surface area contributed by atoms with Gasteiger partial charge in [0.1, 0.15) is 5.75 Å². The molecule has 0 aromatic heterocycles. The second-order valence-electron chi connectivity index (χ2n) is 5.90. The monoisotopic (exact) mass is 295 g/mol. The van der Waals surface area contributed by atoms with Crippen LogP contribution in [0.3, 0.4) is 0 Å². The van der Waals surface area contributed by atoms with Gasteiger partial charge in [0.05, 0.1) is 0 Å². The molecular formula is C19H21NO2. The molecule has 1 amide bonds. The zero-order valence-electron chi connectivity index (χ0n) is 12.6. The molecule has 0 heterocycles. The van der Waals surface area contributed by atoms with Gasteiger partial charge in [-0.25, -0.2) is 0 Å². The van der Waals surface area contributed by atoms with E-state index in [1.807, 2.05) is 30.3 Å². The van der Waals surface area contributed by atoms with Crippen molar-refractivity contribution in [2.45, 2.75) is 38.1 Å². The van der Waals surface area contributed by atoms with Crippen LogP contribution < -0.4 is 5.32 Å². The summed E-state index contributed by atoms with van der Waals surface area (Å²) in [6.45, 7) is 0. The van der Waals surface area contributed by atoms with Gasteiger partial charge in [0.25, 0.3) is 0 Å². The number of carbonyl (C=O) groups excluding carboxylic acids is 1. The number of phenolic OH excluding ortho intramolecular Hbond substituents is 1. The van der Waals surface area contributed by atoms with Crippen molar-refractivity contribution in [1.29, 1.82) is 0 Å². The molecule has 0 unspecified atom stereocenters. The van der Waals surface area contributed by atoms with Gasteiger partial charge in [-0.15, -0.1) is 0 Å². The quantitative estimate of drug-likeness (QED) is 0.841. The van der Waals surface area contributed by atoms with E-state index in [-0.39, 0.29) is 11.7 Å². The number of amides is 1. The minimum absolute atomic E-state index is 0.0840. The molecule has 2 aromatic rings. The van der Waals surface area contributed by atoms with E-state index in [1.165, 1.54) is 25.3 Å². The van der Waals surface area contributed by atoms with Gasteiger partial charge in [-0.1, -0.05) is 49.6 Å². The topological polar surface area (TPSA) is 49.3 Å². The molecule has 1 aliphatic rings. The molecule has 0 aliphatic heterocycles. The Morgan fingerprint density at radius 1 is 1.09 bits per heavy atom. The van der Waals surface area contributed by atoms with Gasteiger partial charge in [0.2, 0.25) is 5.91 Å². The molecule has 0 bridgehead atoms. The van der Waals surface area contributed by atoms with Crippen molar-refractivity contribution in [1.82, 2.24) is 5.32 Å². The minimum Gasteiger partial charge on any atom is -0.507 e. The van der Waals surface area contributed by atoms with Gasteiger partial charge >= 0.3 is 0 Å². The smallest absolute Gasteiger partial charge is 0.244 e. The fraction of sp³-hybridized carbons (Fsp3) is 0.316. The molecule has 1 fully saturated rings. The van der Waals surface area contributed by atoms with Crippen molar-refractivity contribution in [3.05, 3.63) is 48.0 Å². The van der Waals surface area contributed by atoms with Gasteiger partial charge in [-0.05, 0) is 35.8 Å². The lowest BCUT2D eigenvalue weighted by atomic mass is 9.95. The van der Waals surface area contributed by atoms with E-state index in [9.17, 15) is 9.90 Å². The highest BCUT2D eigenvalue weighted by molar-refractivity contribution is 5.98. The van der Waals surface area contributed by atoms with Crippen molar-refractivity contribution < 1.29 is 9.90 Å². The normalized spacial score (nSPS) is 16.2. The van der Waals surface area contributed by atoms with E-state index in [0.29, 0.717) is 11.6 Å². The molecule has 1 saturated carbocycles. The molecule has 114 valence electrons. The Morgan fingerprint density at radius 2 is 1.86 bits per heavy atom. The maximum absolute atomic E-state index is 12.1. The first-order valence-electron chi connectivity index (χ1n) is 7.93. The Morgan fingerprint density at radius 3 is 2.68 bits per heavy atom. The molecule has 3 heteroatoms. The Bertz CT molecular complexity index is 700. The maximum Gasteiger partial charge on any atom is 0.244 e. The summed E-state index contributed by atoms with van der Waals surface area (Å²) in [7, 11) is 0. The Balaban J connectivity index is 1.77. The van der Waals surface area contributed by atoms with Crippen LogP contribution in [-0.2, 0) is 4.79 Å². The number of fused-ring (bicyclic) bond motifs is 1. The van der Waals surface area contributed by atoms with E-state index >= 15 is 0 Å². The van der Waals surface area contributed by atoms with Crippen LogP contribution in [0.2, 0.25) is 0 Å². The molecule has 1 aliphatic carbocycles. The average molecular weight is 295 g/mol. The molecule has 0 atom stereocenters. The SMILES string of the molecule is O=C(/C=C/c1c(O)ccc2ccccc12)NC1CCCCC1. The van der Waals surface area contributed by atoms with Gasteiger partial charge in [0.15, 0.2) is 0 Å². The number of benzene rings is 2. The fourth-order valence-corrected chi connectivity index (χ4v) is 3.11. The molecule has 0 saturated heterocycles. The number of carbonyl (C=O) groups is 1. The lowest BCUT2D eigenvalue weighted by Crippen LogP contribution is -2.34. The lowest BCUT2D eigenvalue weighted by Gasteiger charge is -2.21. The van der Waals surface area contributed by atoms with Gasteiger partial charge in [-0.3, -0.25) is 4.79 Å². The summed E-state index contributed by atoms with van der Waals surface area (Å²) in [6, 6.07) is 11.7. The number of phenols is 1. The van der Waals surface area contributed by atoms with Crippen LogP contribution in [0.1, 0.15) is 37.7 Å². The van der Waals surface area contributed by atoms with Crippen LogP contribution in [0.25, 0.3) is 16.8 Å². The Kier molecular flexibility index (Phi) is 4.42. The van der Waals surface area contributed by atoms with Gasteiger partial charge in [0, 0.05) is 17.7 Å². The molecule has 2 N–H and O–H groups in total. The zero-order valence-corrected chi connectivity index (χ0v) is 12.6. The first-order valence-corrected chi connectivity index (χ1v) is 7.93. The summed E-state index contributed by atoms with van der Waals surface area (Å²) in [6.07, 6.45) is 9.02. The van der Waals surface area contributed by atoms with Crippen LogP contribution in [0.15, 0.2) is 42.5 Å². The summed E-state index contributed by atoms with van der Waals surface area (Å²) >= 11 is 0. The van der Waals surface area contributed by atoms with Crippen molar-refractivity contribution >= 4 is 22.8 Å². The summed E-state index contributed by atoms with van der Waals surface area (Å²) < 4.78 is 0.